The first-order valence-electron chi connectivity index (χ1n) is 6.88. The second kappa shape index (κ2) is 6.21. The normalized spacial score (nSPS) is 18.4. The Hall–Kier alpha value is -1.06. The summed E-state index contributed by atoms with van der Waals surface area (Å²) in [4.78, 5) is 4.92. The molecule has 100 valence electrons. The molecule has 1 aromatic carbocycles. The Morgan fingerprint density at radius 3 is 2.44 bits per heavy atom. The fourth-order valence-corrected chi connectivity index (χ4v) is 2.51. The minimum Gasteiger partial charge on any atom is -0.508 e. The van der Waals surface area contributed by atoms with E-state index in [2.05, 4.69) is 23.8 Å². The third-order valence-corrected chi connectivity index (χ3v) is 4.00. The van der Waals surface area contributed by atoms with E-state index in [4.69, 9.17) is 0 Å². The Bertz CT molecular complexity index is 357. The van der Waals surface area contributed by atoms with Gasteiger partial charge in [0.25, 0.3) is 0 Å². The quantitative estimate of drug-likeness (QED) is 0.867. The molecule has 3 heteroatoms. The van der Waals surface area contributed by atoms with Gasteiger partial charge in [-0.05, 0) is 57.6 Å². The first kappa shape index (κ1) is 13.4. The minimum absolute atomic E-state index is 0.339. The van der Waals surface area contributed by atoms with Gasteiger partial charge >= 0.3 is 0 Å². The lowest BCUT2D eigenvalue weighted by molar-refractivity contribution is 0.216. The van der Waals surface area contributed by atoms with Gasteiger partial charge in [-0.25, -0.2) is 0 Å². The molecule has 0 spiro atoms. The summed E-state index contributed by atoms with van der Waals surface area (Å²) < 4.78 is 0. The molecule has 0 saturated carbocycles. The molecule has 1 fully saturated rings. The van der Waals surface area contributed by atoms with Gasteiger partial charge in [0, 0.05) is 19.1 Å². The number of aromatic hydroxyl groups is 1. The van der Waals surface area contributed by atoms with Crippen LogP contribution < -0.4 is 0 Å². The zero-order chi connectivity index (χ0) is 13.0. The highest BCUT2D eigenvalue weighted by atomic mass is 16.3. The van der Waals surface area contributed by atoms with Crippen LogP contribution in [0.25, 0.3) is 0 Å². The molecule has 1 aromatic rings. The molecule has 0 amide bonds. The van der Waals surface area contributed by atoms with E-state index in [0.29, 0.717) is 11.8 Å². The fraction of sp³-hybridized carbons (Fsp3) is 0.600. The van der Waals surface area contributed by atoms with Gasteiger partial charge in [0.05, 0.1) is 0 Å². The molecule has 1 unspecified atom stereocenters. The highest BCUT2D eigenvalue weighted by Gasteiger charge is 2.15. The lowest BCUT2D eigenvalue weighted by Crippen LogP contribution is -2.32. The summed E-state index contributed by atoms with van der Waals surface area (Å²) in [7, 11) is 2.17. The van der Waals surface area contributed by atoms with Crippen LogP contribution in [0.5, 0.6) is 5.75 Å². The van der Waals surface area contributed by atoms with Crippen LogP contribution >= 0.6 is 0 Å². The van der Waals surface area contributed by atoms with Gasteiger partial charge in [-0.2, -0.15) is 0 Å². The molecule has 0 aliphatic carbocycles. The van der Waals surface area contributed by atoms with Crippen molar-refractivity contribution in [2.24, 2.45) is 0 Å². The van der Waals surface area contributed by atoms with Crippen LogP contribution in [0.3, 0.4) is 0 Å². The largest absolute Gasteiger partial charge is 0.508 e. The fourth-order valence-electron chi connectivity index (χ4n) is 2.51. The summed E-state index contributed by atoms with van der Waals surface area (Å²) in [5.41, 5.74) is 1.26. The van der Waals surface area contributed by atoms with Crippen molar-refractivity contribution in [3.05, 3.63) is 29.8 Å². The predicted molar refractivity (Wildman–Crippen MR) is 74.8 cm³/mol. The molecule has 0 bridgehead atoms. The van der Waals surface area contributed by atoms with Gasteiger partial charge in [-0.1, -0.05) is 12.1 Å². The molecule has 3 nitrogen and oxygen atoms in total. The number of benzene rings is 1. The molecule has 1 heterocycles. The average Bonchev–Trinajstić information content (AvgIpc) is 2.89. The third-order valence-electron chi connectivity index (χ3n) is 4.00. The van der Waals surface area contributed by atoms with Gasteiger partial charge in [0.15, 0.2) is 0 Å². The van der Waals surface area contributed by atoms with E-state index in [9.17, 15) is 5.11 Å². The second-order valence-corrected chi connectivity index (χ2v) is 5.30. The summed E-state index contributed by atoms with van der Waals surface area (Å²) in [6, 6.07) is 7.94. The molecule has 2 rings (SSSR count). The monoisotopic (exact) mass is 248 g/mol. The van der Waals surface area contributed by atoms with Crippen molar-refractivity contribution in [3.63, 3.8) is 0 Å². The average molecular weight is 248 g/mol. The Kier molecular flexibility index (Phi) is 4.61. The predicted octanol–water partition coefficient (Wildman–Crippen LogP) is 2.48. The molecule has 1 aliphatic rings. The van der Waals surface area contributed by atoms with Crippen molar-refractivity contribution < 1.29 is 5.11 Å². The highest BCUT2D eigenvalue weighted by Crippen LogP contribution is 2.21. The highest BCUT2D eigenvalue weighted by molar-refractivity contribution is 5.27. The molecule has 1 aliphatic heterocycles. The zero-order valence-electron chi connectivity index (χ0n) is 11.5. The number of likely N-dealkylation sites (tertiary alicyclic amines) is 1. The molecule has 1 N–H and O–H groups in total. The molecule has 1 atom stereocenters. The Balaban J connectivity index is 1.83. The van der Waals surface area contributed by atoms with Crippen molar-refractivity contribution in [1.82, 2.24) is 9.80 Å². The van der Waals surface area contributed by atoms with Gasteiger partial charge < -0.3 is 10.0 Å². The van der Waals surface area contributed by atoms with Crippen LogP contribution in [0.1, 0.15) is 31.4 Å². The standard InChI is InChI=1S/C15H24N2O/c1-13(14-5-7-15(18)8-6-14)16(2)11-12-17-9-3-4-10-17/h5-8,13,18H,3-4,9-12H2,1-2H3. The van der Waals surface area contributed by atoms with Gasteiger partial charge in [-0.15, -0.1) is 0 Å². The Morgan fingerprint density at radius 2 is 1.83 bits per heavy atom. The van der Waals surface area contributed by atoms with Crippen LogP contribution in [-0.4, -0.2) is 48.1 Å². The van der Waals surface area contributed by atoms with E-state index >= 15 is 0 Å². The van der Waals surface area contributed by atoms with Crippen molar-refractivity contribution in [3.8, 4) is 5.75 Å². The number of rotatable bonds is 5. The molecule has 18 heavy (non-hydrogen) atoms. The van der Waals surface area contributed by atoms with Crippen LogP contribution in [0.15, 0.2) is 24.3 Å². The van der Waals surface area contributed by atoms with Crippen LogP contribution in [0, 0.1) is 0 Å². The molecular weight excluding hydrogens is 224 g/mol. The van der Waals surface area contributed by atoms with Crippen LogP contribution in [-0.2, 0) is 0 Å². The van der Waals surface area contributed by atoms with E-state index < -0.39 is 0 Å². The van der Waals surface area contributed by atoms with Crippen molar-refractivity contribution in [2.75, 3.05) is 33.2 Å². The number of hydrogen-bond acceptors (Lipinski definition) is 3. The van der Waals surface area contributed by atoms with Gasteiger partial charge in [0.2, 0.25) is 0 Å². The van der Waals surface area contributed by atoms with Crippen LogP contribution in [0.4, 0.5) is 0 Å². The summed E-state index contributed by atoms with van der Waals surface area (Å²) in [6.07, 6.45) is 2.72. The van der Waals surface area contributed by atoms with Crippen molar-refractivity contribution >= 4 is 0 Å². The zero-order valence-corrected chi connectivity index (χ0v) is 11.5. The number of likely N-dealkylation sites (N-methyl/N-ethyl adjacent to an activating group) is 1. The first-order chi connectivity index (χ1) is 8.66. The first-order valence-corrected chi connectivity index (χ1v) is 6.88. The van der Waals surface area contributed by atoms with Gasteiger partial charge in [-0.3, -0.25) is 4.90 Å². The van der Waals surface area contributed by atoms with E-state index in [0.717, 1.165) is 6.54 Å². The molecular formula is C15H24N2O. The Labute approximate surface area is 110 Å². The number of phenolic OH excluding ortho intramolecular Hbond substituents is 1. The van der Waals surface area contributed by atoms with Gasteiger partial charge in [0.1, 0.15) is 5.75 Å². The molecule has 0 radical (unpaired) electrons. The topological polar surface area (TPSA) is 26.7 Å². The van der Waals surface area contributed by atoms with Crippen molar-refractivity contribution in [1.29, 1.82) is 0 Å². The third kappa shape index (κ3) is 3.47. The summed E-state index contributed by atoms with van der Waals surface area (Å²) >= 11 is 0. The lowest BCUT2D eigenvalue weighted by atomic mass is 10.1. The van der Waals surface area contributed by atoms with E-state index in [-0.39, 0.29) is 0 Å². The number of phenols is 1. The molecule has 0 aromatic heterocycles. The van der Waals surface area contributed by atoms with Crippen LogP contribution in [0.2, 0.25) is 0 Å². The smallest absolute Gasteiger partial charge is 0.115 e. The minimum atomic E-state index is 0.339. The lowest BCUT2D eigenvalue weighted by Gasteiger charge is -2.27. The molecule has 1 saturated heterocycles. The number of nitrogens with zero attached hydrogens (tertiary/aromatic N) is 2. The summed E-state index contributed by atoms with van der Waals surface area (Å²) in [5, 5.41) is 9.30. The second-order valence-electron chi connectivity index (χ2n) is 5.30. The maximum atomic E-state index is 9.30. The number of hydrogen-bond donors (Lipinski definition) is 1. The van der Waals surface area contributed by atoms with E-state index in [1.807, 2.05) is 12.1 Å². The summed E-state index contributed by atoms with van der Waals surface area (Å²) in [5.74, 6) is 0.339. The maximum absolute atomic E-state index is 9.30. The Morgan fingerprint density at radius 1 is 1.22 bits per heavy atom. The maximum Gasteiger partial charge on any atom is 0.115 e. The van der Waals surface area contributed by atoms with E-state index in [1.54, 1.807) is 12.1 Å². The summed E-state index contributed by atoms with van der Waals surface area (Å²) in [6.45, 7) is 7.01. The van der Waals surface area contributed by atoms with Crippen molar-refractivity contribution in [2.45, 2.75) is 25.8 Å². The SMILES string of the molecule is CC(c1ccc(O)cc1)N(C)CCN1CCCC1. The van der Waals surface area contributed by atoms with E-state index in [1.165, 1.54) is 38.0 Å².